The van der Waals surface area contributed by atoms with Gasteiger partial charge < -0.3 is 16.0 Å². The number of nitrogens with zero attached hydrogens (tertiary/aromatic N) is 1. The molecule has 1 atom stereocenters. The van der Waals surface area contributed by atoms with Crippen LogP contribution in [0.5, 0.6) is 0 Å². The molecule has 4 nitrogen and oxygen atoms in total. The zero-order valence-corrected chi connectivity index (χ0v) is 11.6. The molecular weight excluding hydrogens is 214 g/mol. The van der Waals surface area contributed by atoms with Gasteiger partial charge in [-0.15, -0.1) is 0 Å². The quantitative estimate of drug-likeness (QED) is 0.728. The largest absolute Gasteiger partial charge is 0.353 e. The minimum atomic E-state index is -0.575. The molecule has 0 saturated heterocycles. The van der Waals surface area contributed by atoms with E-state index in [4.69, 9.17) is 5.73 Å². The van der Waals surface area contributed by atoms with Gasteiger partial charge in [-0.2, -0.15) is 0 Å². The second-order valence-corrected chi connectivity index (χ2v) is 5.97. The van der Waals surface area contributed by atoms with Crippen LogP contribution in [-0.2, 0) is 4.79 Å². The molecule has 100 valence electrons. The minimum Gasteiger partial charge on any atom is -0.353 e. The smallest absolute Gasteiger partial charge is 0.240 e. The molecule has 1 amide bonds. The fraction of sp³-hybridized carbons (Fsp3) is 0.923. The van der Waals surface area contributed by atoms with Crippen LogP contribution in [0.3, 0.4) is 0 Å². The summed E-state index contributed by atoms with van der Waals surface area (Å²) < 4.78 is 0. The number of rotatable bonds is 6. The van der Waals surface area contributed by atoms with Crippen molar-refractivity contribution in [2.45, 2.75) is 51.1 Å². The number of nitrogens with two attached hydrogens (primary N) is 1. The van der Waals surface area contributed by atoms with Gasteiger partial charge >= 0.3 is 0 Å². The van der Waals surface area contributed by atoms with Crippen molar-refractivity contribution in [1.29, 1.82) is 0 Å². The van der Waals surface area contributed by atoms with E-state index in [1.807, 2.05) is 0 Å². The molecule has 0 aromatic rings. The van der Waals surface area contributed by atoms with Crippen molar-refractivity contribution in [2.24, 2.45) is 11.7 Å². The summed E-state index contributed by atoms with van der Waals surface area (Å²) in [7, 11) is 4.11. The molecule has 0 radical (unpaired) electrons. The first-order chi connectivity index (χ1) is 7.85. The first-order valence-corrected chi connectivity index (χ1v) is 6.59. The molecular formula is C13H27N3O. The first kappa shape index (κ1) is 14.5. The average molecular weight is 241 g/mol. The summed E-state index contributed by atoms with van der Waals surface area (Å²) in [5.41, 5.74) is 5.41. The molecule has 0 aromatic carbocycles. The third kappa shape index (κ3) is 3.96. The van der Waals surface area contributed by atoms with Crippen LogP contribution in [0, 0.1) is 5.92 Å². The van der Waals surface area contributed by atoms with Crippen molar-refractivity contribution in [3.05, 3.63) is 0 Å². The van der Waals surface area contributed by atoms with E-state index in [1.165, 1.54) is 0 Å². The predicted octanol–water partition coefficient (Wildman–Crippen LogP) is 0.960. The number of amides is 1. The van der Waals surface area contributed by atoms with Gasteiger partial charge in [0, 0.05) is 12.6 Å². The Kier molecular flexibility index (Phi) is 4.95. The third-order valence-corrected chi connectivity index (χ3v) is 3.67. The number of hydrogen-bond acceptors (Lipinski definition) is 3. The highest BCUT2D eigenvalue weighted by Crippen LogP contribution is 2.29. The molecule has 17 heavy (non-hydrogen) atoms. The lowest BCUT2D eigenvalue weighted by Crippen LogP contribution is -2.59. The summed E-state index contributed by atoms with van der Waals surface area (Å²) in [5.74, 6) is 0.661. The average Bonchev–Trinajstić information content (AvgIpc) is 2.19. The molecule has 1 fully saturated rings. The second-order valence-electron chi connectivity index (χ2n) is 5.97. The Bertz CT molecular complexity index is 259. The van der Waals surface area contributed by atoms with Gasteiger partial charge in [0.05, 0.1) is 5.54 Å². The van der Waals surface area contributed by atoms with E-state index in [-0.39, 0.29) is 5.91 Å². The van der Waals surface area contributed by atoms with Gasteiger partial charge in [0.25, 0.3) is 0 Å². The normalized spacial score (nSPS) is 20.2. The van der Waals surface area contributed by atoms with Crippen LogP contribution in [0.4, 0.5) is 0 Å². The van der Waals surface area contributed by atoms with Crippen molar-refractivity contribution in [2.75, 3.05) is 20.6 Å². The summed E-state index contributed by atoms with van der Waals surface area (Å²) in [5, 5.41) is 3.01. The zero-order chi connectivity index (χ0) is 13.1. The van der Waals surface area contributed by atoms with E-state index in [2.05, 4.69) is 38.2 Å². The number of hydrogen-bond donors (Lipinski definition) is 2. The van der Waals surface area contributed by atoms with Gasteiger partial charge in [-0.1, -0.05) is 13.8 Å². The van der Waals surface area contributed by atoms with Crippen molar-refractivity contribution >= 4 is 5.91 Å². The van der Waals surface area contributed by atoms with Crippen molar-refractivity contribution in [3.63, 3.8) is 0 Å². The maximum absolute atomic E-state index is 11.9. The third-order valence-electron chi connectivity index (χ3n) is 3.67. The maximum Gasteiger partial charge on any atom is 0.240 e. The number of carbonyl (C=O) groups is 1. The van der Waals surface area contributed by atoms with Crippen LogP contribution in [0.2, 0.25) is 0 Å². The van der Waals surface area contributed by atoms with Crippen molar-refractivity contribution in [1.82, 2.24) is 10.2 Å². The Morgan fingerprint density at radius 2 is 2.00 bits per heavy atom. The number of nitrogens with one attached hydrogen (secondary N) is 1. The zero-order valence-electron chi connectivity index (χ0n) is 11.6. The van der Waals surface area contributed by atoms with Crippen LogP contribution in [0.15, 0.2) is 0 Å². The summed E-state index contributed by atoms with van der Waals surface area (Å²) >= 11 is 0. The lowest BCUT2D eigenvalue weighted by atomic mass is 9.77. The number of likely N-dealkylation sites (N-methyl/N-ethyl adjacent to an activating group) is 1. The lowest BCUT2D eigenvalue weighted by molar-refractivity contribution is -0.129. The van der Waals surface area contributed by atoms with Gasteiger partial charge in [-0.05, 0) is 45.7 Å². The highest BCUT2D eigenvalue weighted by Gasteiger charge is 2.40. The van der Waals surface area contributed by atoms with E-state index in [0.29, 0.717) is 18.5 Å². The van der Waals surface area contributed by atoms with Crippen LogP contribution >= 0.6 is 0 Å². The van der Waals surface area contributed by atoms with Gasteiger partial charge in [-0.3, -0.25) is 4.79 Å². The highest BCUT2D eigenvalue weighted by atomic mass is 16.2. The van der Waals surface area contributed by atoms with Crippen molar-refractivity contribution < 1.29 is 4.79 Å². The molecule has 1 unspecified atom stereocenters. The molecule has 3 N–H and O–H groups in total. The molecule has 0 aromatic heterocycles. The Balaban J connectivity index is 2.38. The molecule has 1 aliphatic carbocycles. The summed E-state index contributed by atoms with van der Waals surface area (Å²) in [6.45, 7) is 5.10. The van der Waals surface area contributed by atoms with Gasteiger partial charge in [0.1, 0.15) is 0 Å². The van der Waals surface area contributed by atoms with E-state index in [1.54, 1.807) is 0 Å². The van der Waals surface area contributed by atoms with E-state index < -0.39 is 5.54 Å². The monoisotopic (exact) mass is 241 g/mol. The molecule has 0 spiro atoms. The fourth-order valence-electron chi connectivity index (χ4n) is 2.19. The summed E-state index contributed by atoms with van der Waals surface area (Å²) in [6, 6.07) is 0.391. The first-order valence-electron chi connectivity index (χ1n) is 6.59. The molecule has 1 saturated carbocycles. The molecule has 0 heterocycles. The lowest BCUT2D eigenvalue weighted by Gasteiger charge is -2.37. The summed E-state index contributed by atoms with van der Waals surface area (Å²) in [6.07, 6.45) is 3.82. The van der Waals surface area contributed by atoms with Gasteiger partial charge in [0.15, 0.2) is 0 Å². The van der Waals surface area contributed by atoms with Crippen LogP contribution in [-0.4, -0.2) is 43.0 Å². The Morgan fingerprint density at radius 1 is 1.41 bits per heavy atom. The predicted molar refractivity (Wildman–Crippen MR) is 70.7 cm³/mol. The van der Waals surface area contributed by atoms with Gasteiger partial charge in [-0.25, -0.2) is 0 Å². The van der Waals surface area contributed by atoms with Gasteiger partial charge in [0.2, 0.25) is 5.91 Å². The SMILES string of the molecule is CC(C)CC(CNC(=O)C1(N)CCC1)N(C)C. The van der Waals surface area contributed by atoms with E-state index >= 15 is 0 Å². The molecule has 4 heteroatoms. The number of carbonyl (C=O) groups excluding carboxylic acids is 1. The van der Waals surface area contributed by atoms with E-state index in [9.17, 15) is 4.79 Å². The Morgan fingerprint density at radius 3 is 2.35 bits per heavy atom. The maximum atomic E-state index is 11.9. The molecule has 1 aliphatic rings. The molecule has 0 bridgehead atoms. The standard InChI is InChI=1S/C13H27N3O/c1-10(2)8-11(16(3)4)9-15-12(17)13(14)6-5-7-13/h10-11H,5-9,14H2,1-4H3,(H,15,17). The van der Waals surface area contributed by atoms with Crippen LogP contribution in [0.1, 0.15) is 39.5 Å². The summed E-state index contributed by atoms with van der Waals surface area (Å²) in [4.78, 5) is 14.1. The topological polar surface area (TPSA) is 58.4 Å². The fourth-order valence-corrected chi connectivity index (χ4v) is 2.19. The van der Waals surface area contributed by atoms with Crippen LogP contribution in [0.25, 0.3) is 0 Å². The Hall–Kier alpha value is -0.610. The molecule has 0 aliphatic heterocycles. The second kappa shape index (κ2) is 5.83. The Labute approximate surface area is 105 Å². The minimum absolute atomic E-state index is 0.0272. The van der Waals surface area contributed by atoms with Crippen molar-refractivity contribution in [3.8, 4) is 0 Å². The molecule has 1 rings (SSSR count). The van der Waals surface area contributed by atoms with Crippen LogP contribution < -0.4 is 11.1 Å². The van der Waals surface area contributed by atoms with E-state index in [0.717, 1.165) is 25.7 Å². The highest BCUT2D eigenvalue weighted by molar-refractivity contribution is 5.87.